The lowest BCUT2D eigenvalue weighted by molar-refractivity contribution is -0.127. The van der Waals surface area contributed by atoms with E-state index in [1.807, 2.05) is 55.5 Å². The van der Waals surface area contributed by atoms with Crippen LogP contribution >= 0.6 is 0 Å². The molecular formula is C30H35N5O4. The number of aromatic nitrogens is 3. The van der Waals surface area contributed by atoms with Gasteiger partial charge < -0.3 is 14.8 Å². The summed E-state index contributed by atoms with van der Waals surface area (Å²) < 4.78 is 12.7. The first-order valence-electron chi connectivity index (χ1n) is 13.0. The maximum atomic E-state index is 14.3. The van der Waals surface area contributed by atoms with Gasteiger partial charge in [-0.15, -0.1) is 5.10 Å². The Kier molecular flexibility index (Phi) is 8.81. The van der Waals surface area contributed by atoms with Gasteiger partial charge in [0.1, 0.15) is 29.6 Å². The molecule has 0 unspecified atom stereocenters. The lowest BCUT2D eigenvalue weighted by Crippen LogP contribution is -2.45. The van der Waals surface area contributed by atoms with Crippen molar-refractivity contribution in [3.8, 4) is 11.5 Å². The fourth-order valence-electron chi connectivity index (χ4n) is 4.39. The molecule has 0 spiro atoms. The maximum Gasteiger partial charge on any atom is 0.249 e. The second kappa shape index (κ2) is 12.4. The molecule has 0 aliphatic heterocycles. The van der Waals surface area contributed by atoms with Crippen molar-refractivity contribution >= 4 is 28.5 Å². The van der Waals surface area contributed by atoms with E-state index in [1.165, 1.54) is 12.0 Å². The molecule has 0 saturated heterocycles. The van der Waals surface area contributed by atoms with Crippen molar-refractivity contribution in [2.75, 3.05) is 25.7 Å². The van der Waals surface area contributed by atoms with Crippen molar-refractivity contribution in [3.63, 3.8) is 0 Å². The number of carbonyl (C=O) groups excluding carboxylic acids is 2. The molecule has 4 aromatic rings. The van der Waals surface area contributed by atoms with Crippen molar-refractivity contribution in [2.45, 2.75) is 39.8 Å². The highest BCUT2D eigenvalue weighted by Crippen LogP contribution is 2.38. The largest absolute Gasteiger partial charge is 0.497 e. The van der Waals surface area contributed by atoms with Crippen LogP contribution in [0.15, 0.2) is 66.7 Å². The van der Waals surface area contributed by atoms with E-state index in [9.17, 15) is 9.59 Å². The molecule has 1 aromatic heterocycles. The normalized spacial score (nSPS) is 11.8. The number of benzene rings is 3. The number of para-hydroxylation sites is 1. The first-order valence-corrected chi connectivity index (χ1v) is 13.0. The number of hydrogen-bond donors (Lipinski definition) is 1. The molecule has 1 heterocycles. The molecule has 0 bridgehead atoms. The van der Waals surface area contributed by atoms with Crippen LogP contribution in [0.4, 0.5) is 5.69 Å². The molecule has 4 rings (SSSR count). The number of nitrogens with one attached hydrogen (secondary N) is 1. The number of methoxy groups -OCH3 is 2. The van der Waals surface area contributed by atoms with Crippen LogP contribution in [0.25, 0.3) is 11.0 Å². The molecule has 204 valence electrons. The summed E-state index contributed by atoms with van der Waals surface area (Å²) in [7, 11) is 3.08. The van der Waals surface area contributed by atoms with Crippen molar-refractivity contribution < 1.29 is 19.1 Å². The van der Waals surface area contributed by atoms with Crippen LogP contribution in [0.1, 0.15) is 37.4 Å². The SMILES string of the molecule is COc1ccc(OC)c(N(C(=O)Cn2nnc3ccccc32)[C@H](C(=O)NCCC(C)C)c2ccc(C)cc2)c1. The molecule has 1 atom stereocenters. The van der Waals surface area contributed by atoms with Crippen LogP contribution in [0.2, 0.25) is 0 Å². The molecule has 9 nitrogen and oxygen atoms in total. The molecule has 0 aliphatic rings. The number of amides is 2. The highest BCUT2D eigenvalue weighted by atomic mass is 16.5. The number of anilines is 1. The predicted molar refractivity (Wildman–Crippen MR) is 151 cm³/mol. The molecule has 3 aromatic carbocycles. The quantitative estimate of drug-likeness (QED) is 0.303. The third-order valence-electron chi connectivity index (χ3n) is 6.54. The van der Waals surface area contributed by atoms with Crippen molar-refractivity contribution in [1.29, 1.82) is 0 Å². The van der Waals surface area contributed by atoms with Gasteiger partial charge in [-0.2, -0.15) is 0 Å². The van der Waals surface area contributed by atoms with Gasteiger partial charge >= 0.3 is 0 Å². The summed E-state index contributed by atoms with van der Waals surface area (Å²) in [4.78, 5) is 29.6. The zero-order chi connectivity index (χ0) is 27.9. The van der Waals surface area contributed by atoms with Crippen LogP contribution in [0.5, 0.6) is 11.5 Å². The molecule has 0 saturated carbocycles. The third kappa shape index (κ3) is 6.37. The zero-order valence-corrected chi connectivity index (χ0v) is 23.0. The van der Waals surface area contributed by atoms with Crippen LogP contribution in [0.3, 0.4) is 0 Å². The van der Waals surface area contributed by atoms with E-state index < -0.39 is 6.04 Å². The summed E-state index contributed by atoms with van der Waals surface area (Å²) in [6.07, 6.45) is 0.813. The Morgan fingerprint density at radius 2 is 1.74 bits per heavy atom. The minimum absolute atomic E-state index is 0.136. The molecule has 0 radical (unpaired) electrons. The number of rotatable bonds is 11. The molecule has 2 amide bonds. The van der Waals surface area contributed by atoms with Gasteiger partial charge in [0.2, 0.25) is 11.8 Å². The fourth-order valence-corrected chi connectivity index (χ4v) is 4.39. The van der Waals surface area contributed by atoms with Crippen LogP contribution in [0, 0.1) is 12.8 Å². The van der Waals surface area contributed by atoms with E-state index in [4.69, 9.17) is 9.47 Å². The molecule has 39 heavy (non-hydrogen) atoms. The maximum absolute atomic E-state index is 14.3. The first-order chi connectivity index (χ1) is 18.8. The van der Waals surface area contributed by atoms with Crippen molar-refractivity contribution in [1.82, 2.24) is 20.3 Å². The third-order valence-corrected chi connectivity index (χ3v) is 6.54. The van der Waals surface area contributed by atoms with Gasteiger partial charge in [0.25, 0.3) is 0 Å². The van der Waals surface area contributed by atoms with Gasteiger partial charge in [-0.1, -0.05) is 61.0 Å². The van der Waals surface area contributed by atoms with Gasteiger partial charge in [-0.3, -0.25) is 14.5 Å². The number of ether oxygens (including phenoxy) is 2. The fraction of sp³-hybridized carbons (Fsp3) is 0.333. The van der Waals surface area contributed by atoms with Crippen LogP contribution < -0.4 is 19.7 Å². The van der Waals surface area contributed by atoms with Gasteiger partial charge in [0.05, 0.1) is 25.4 Å². The molecule has 9 heteroatoms. The highest BCUT2D eigenvalue weighted by Gasteiger charge is 2.35. The molecule has 0 fully saturated rings. The topological polar surface area (TPSA) is 98.6 Å². The van der Waals surface area contributed by atoms with E-state index >= 15 is 0 Å². The highest BCUT2D eigenvalue weighted by molar-refractivity contribution is 6.02. The zero-order valence-electron chi connectivity index (χ0n) is 23.0. The Bertz CT molecular complexity index is 1430. The van der Waals surface area contributed by atoms with Crippen LogP contribution in [-0.4, -0.2) is 47.6 Å². The summed E-state index contributed by atoms with van der Waals surface area (Å²) in [5, 5.41) is 11.4. The Morgan fingerprint density at radius 1 is 1.00 bits per heavy atom. The summed E-state index contributed by atoms with van der Waals surface area (Å²) in [5.74, 6) is 0.722. The minimum Gasteiger partial charge on any atom is -0.497 e. The summed E-state index contributed by atoms with van der Waals surface area (Å²) in [6, 6.07) is 19.2. The summed E-state index contributed by atoms with van der Waals surface area (Å²) >= 11 is 0. The average Bonchev–Trinajstić information content (AvgIpc) is 3.34. The summed E-state index contributed by atoms with van der Waals surface area (Å²) in [6.45, 7) is 6.53. The van der Waals surface area contributed by atoms with Gasteiger partial charge in [-0.25, -0.2) is 4.68 Å². The Balaban J connectivity index is 1.84. The van der Waals surface area contributed by atoms with Gasteiger partial charge in [-0.05, 0) is 49.1 Å². The number of aryl methyl sites for hydroxylation is 1. The number of nitrogens with zero attached hydrogens (tertiary/aromatic N) is 4. The first kappa shape index (κ1) is 27.6. The monoisotopic (exact) mass is 529 g/mol. The smallest absolute Gasteiger partial charge is 0.249 e. The number of hydrogen-bond acceptors (Lipinski definition) is 6. The van der Waals surface area contributed by atoms with Gasteiger partial charge in [0, 0.05) is 12.6 Å². The molecule has 0 aliphatic carbocycles. The summed E-state index contributed by atoms with van der Waals surface area (Å²) in [5.41, 5.74) is 3.53. The number of fused-ring (bicyclic) bond motifs is 1. The van der Waals surface area contributed by atoms with Crippen molar-refractivity contribution in [3.05, 3.63) is 77.9 Å². The number of carbonyl (C=O) groups is 2. The Hall–Kier alpha value is -4.40. The minimum atomic E-state index is -0.971. The standard InChI is InChI=1S/C30H35N5O4/c1-20(2)16-17-31-30(37)29(22-12-10-21(3)11-13-22)35(26-18-23(38-4)14-15-27(26)39-5)28(36)19-34-25-9-7-6-8-24(25)32-33-34/h6-15,18,20,29H,16-17,19H2,1-5H3,(H,31,37)/t29-/m0/s1. The molecular weight excluding hydrogens is 494 g/mol. The van der Waals surface area contributed by atoms with Gasteiger partial charge in [0.15, 0.2) is 0 Å². The Morgan fingerprint density at radius 3 is 2.44 bits per heavy atom. The lowest BCUT2D eigenvalue weighted by Gasteiger charge is -2.32. The van der Waals surface area contributed by atoms with E-state index in [0.717, 1.165) is 17.5 Å². The Labute approximate surface area is 228 Å². The van der Waals surface area contributed by atoms with E-state index in [0.29, 0.717) is 40.7 Å². The predicted octanol–water partition coefficient (Wildman–Crippen LogP) is 4.69. The van der Waals surface area contributed by atoms with E-state index in [-0.39, 0.29) is 18.4 Å². The van der Waals surface area contributed by atoms with Crippen molar-refractivity contribution in [2.24, 2.45) is 5.92 Å². The second-order valence-electron chi connectivity index (χ2n) is 9.82. The van der Waals surface area contributed by atoms with E-state index in [1.54, 1.807) is 30.0 Å². The van der Waals surface area contributed by atoms with E-state index in [2.05, 4.69) is 29.5 Å². The lowest BCUT2D eigenvalue weighted by atomic mass is 10.0. The van der Waals surface area contributed by atoms with Crippen LogP contribution in [-0.2, 0) is 16.1 Å². The second-order valence-corrected chi connectivity index (χ2v) is 9.82. The average molecular weight is 530 g/mol. The molecule has 1 N–H and O–H groups in total.